The van der Waals surface area contributed by atoms with Crippen molar-refractivity contribution in [3.8, 4) is 0 Å². The lowest BCUT2D eigenvalue weighted by molar-refractivity contribution is 0.0346. The summed E-state index contributed by atoms with van der Waals surface area (Å²) in [5.41, 5.74) is 2.04. The van der Waals surface area contributed by atoms with Gasteiger partial charge >= 0.3 is 0 Å². The predicted molar refractivity (Wildman–Crippen MR) is 139 cm³/mol. The molecule has 4 rings (SSSR count). The van der Waals surface area contributed by atoms with Gasteiger partial charge in [0.25, 0.3) is 5.91 Å². The van der Waals surface area contributed by atoms with Crippen molar-refractivity contribution in [2.24, 2.45) is 10.4 Å². The summed E-state index contributed by atoms with van der Waals surface area (Å²) in [6.45, 7) is 1.30. The van der Waals surface area contributed by atoms with Crippen LogP contribution in [0.25, 0.3) is 5.57 Å². The third-order valence-corrected chi connectivity index (χ3v) is 6.72. The van der Waals surface area contributed by atoms with Crippen LogP contribution < -0.4 is 5.32 Å². The summed E-state index contributed by atoms with van der Waals surface area (Å²) in [6.07, 6.45) is 3.68. The van der Waals surface area contributed by atoms with Crippen LogP contribution in [0.4, 0.5) is 4.39 Å². The molecular weight excluding hydrogens is 481 g/mol. The van der Waals surface area contributed by atoms with Crippen LogP contribution in [0.3, 0.4) is 0 Å². The molecule has 1 aliphatic heterocycles. The van der Waals surface area contributed by atoms with Crippen molar-refractivity contribution < 1.29 is 19.4 Å². The maximum atomic E-state index is 15.1. The molecule has 1 amide bonds. The Morgan fingerprint density at radius 3 is 2.53 bits per heavy atom. The number of aromatic nitrogens is 1. The molecule has 3 N–H and O–H groups in total. The first-order valence-electron chi connectivity index (χ1n) is 11.6. The Morgan fingerprint density at radius 1 is 1.11 bits per heavy atom. The van der Waals surface area contributed by atoms with Gasteiger partial charge in [-0.2, -0.15) is 0 Å². The van der Waals surface area contributed by atoms with E-state index in [1.165, 1.54) is 18.2 Å². The predicted octanol–water partition coefficient (Wildman–Crippen LogP) is 4.09. The fourth-order valence-electron chi connectivity index (χ4n) is 4.10. The normalized spacial score (nSPS) is 14.2. The molecule has 6 nitrogen and oxygen atoms in total. The number of aliphatic hydroxyl groups is 2. The van der Waals surface area contributed by atoms with E-state index in [-0.39, 0.29) is 30.8 Å². The summed E-state index contributed by atoms with van der Waals surface area (Å²) in [5.74, 6) is -1.10. The highest BCUT2D eigenvalue weighted by atomic mass is 35.5. The summed E-state index contributed by atoms with van der Waals surface area (Å²) in [4.78, 5) is 22.3. The number of aliphatic hydroxyl groups excluding tert-OH is 2. The number of carbonyl (C=O) groups is 1. The number of benzene rings is 2. The first-order chi connectivity index (χ1) is 17.3. The standard InChI is InChI=1S/C28H27ClFN3O3/c1-28(16-34,17-35)25(14-21-5-2-3-12-31-21)33-27(36)22-6-4-7-23(30)26(22)24-13-19(15-32-24)18-8-10-20(29)11-9-18/h2-13,25,34-35H,14-17H2,1H3,(H,33,36)/t25-/m1/s1. The zero-order chi connectivity index (χ0) is 25.7. The van der Waals surface area contributed by atoms with E-state index in [0.29, 0.717) is 23.0 Å². The molecule has 0 bridgehead atoms. The number of pyridine rings is 1. The topological polar surface area (TPSA) is 94.8 Å². The molecule has 0 saturated carbocycles. The Hall–Kier alpha value is -3.39. The fourth-order valence-corrected chi connectivity index (χ4v) is 4.22. The van der Waals surface area contributed by atoms with Crippen molar-refractivity contribution in [2.45, 2.75) is 19.4 Å². The summed E-state index contributed by atoms with van der Waals surface area (Å²) < 4.78 is 15.1. The third-order valence-electron chi connectivity index (χ3n) is 6.47. The molecule has 0 unspecified atom stereocenters. The molecule has 3 aromatic rings. The third kappa shape index (κ3) is 5.54. The van der Waals surface area contributed by atoms with Gasteiger partial charge in [-0.3, -0.25) is 14.8 Å². The van der Waals surface area contributed by atoms with Gasteiger partial charge in [-0.05, 0) is 53.6 Å². The number of aliphatic imine (C=N–C) groups is 1. The van der Waals surface area contributed by atoms with Crippen LogP contribution in [0.5, 0.6) is 0 Å². The number of carbonyl (C=O) groups excluding carboxylic acids is 1. The maximum Gasteiger partial charge on any atom is 0.252 e. The highest BCUT2D eigenvalue weighted by Crippen LogP contribution is 2.27. The molecule has 0 radical (unpaired) electrons. The molecule has 186 valence electrons. The van der Waals surface area contributed by atoms with Crippen molar-refractivity contribution in [3.63, 3.8) is 0 Å². The van der Waals surface area contributed by atoms with E-state index in [1.807, 2.05) is 18.2 Å². The molecular formula is C28H27ClFN3O3. The SMILES string of the molecule is CC(CO)(CO)[C@@H](Cc1ccccn1)NC(=O)c1cccc(F)c1C1=NCC(c2ccc(Cl)cc2)=C1. The first kappa shape index (κ1) is 25.7. The smallest absolute Gasteiger partial charge is 0.252 e. The summed E-state index contributed by atoms with van der Waals surface area (Å²) in [7, 11) is 0. The van der Waals surface area contributed by atoms with E-state index < -0.39 is 23.2 Å². The molecule has 1 aromatic heterocycles. The van der Waals surface area contributed by atoms with E-state index in [4.69, 9.17) is 11.6 Å². The Balaban J connectivity index is 1.65. The molecule has 36 heavy (non-hydrogen) atoms. The van der Waals surface area contributed by atoms with Crippen LogP contribution in [0.2, 0.25) is 5.02 Å². The van der Waals surface area contributed by atoms with Crippen molar-refractivity contribution in [1.29, 1.82) is 0 Å². The quantitative estimate of drug-likeness (QED) is 0.406. The minimum absolute atomic E-state index is 0.102. The monoisotopic (exact) mass is 507 g/mol. The summed E-state index contributed by atoms with van der Waals surface area (Å²) in [6, 6.07) is 16.3. The van der Waals surface area contributed by atoms with E-state index in [2.05, 4.69) is 15.3 Å². The second-order valence-electron chi connectivity index (χ2n) is 9.06. The number of hydrogen-bond donors (Lipinski definition) is 3. The van der Waals surface area contributed by atoms with Crippen LogP contribution in [-0.4, -0.2) is 52.6 Å². The highest BCUT2D eigenvalue weighted by Gasteiger charge is 2.36. The van der Waals surface area contributed by atoms with E-state index in [1.54, 1.807) is 43.5 Å². The second kappa shape index (κ2) is 11.1. The lowest BCUT2D eigenvalue weighted by Gasteiger charge is -2.35. The van der Waals surface area contributed by atoms with E-state index in [9.17, 15) is 15.0 Å². The van der Waals surface area contributed by atoms with Crippen molar-refractivity contribution in [2.75, 3.05) is 19.8 Å². The molecule has 1 atom stereocenters. The lowest BCUT2D eigenvalue weighted by atomic mass is 9.81. The molecule has 0 spiro atoms. The van der Waals surface area contributed by atoms with Crippen LogP contribution in [0, 0.1) is 11.2 Å². The van der Waals surface area contributed by atoms with Gasteiger partial charge in [0.15, 0.2) is 0 Å². The second-order valence-corrected chi connectivity index (χ2v) is 9.50. The van der Waals surface area contributed by atoms with Crippen LogP contribution in [-0.2, 0) is 6.42 Å². The van der Waals surface area contributed by atoms with Gasteiger partial charge in [0.2, 0.25) is 0 Å². The number of hydrogen-bond acceptors (Lipinski definition) is 5. The minimum atomic E-state index is -1.03. The molecule has 1 aliphatic rings. The van der Waals surface area contributed by atoms with Crippen LogP contribution in [0.1, 0.15) is 34.1 Å². The Morgan fingerprint density at radius 2 is 1.86 bits per heavy atom. The summed E-state index contributed by atoms with van der Waals surface area (Å²) in [5, 5.41) is 23.6. The molecule has 8 heteroatoms. The maximum absolute atomic E-state index is 15.1. The number of allylic oxidation sites excluding steroid dienone is 1. The van der Waals surface area contributed by atoms with Gasteiger partial charge in [-0.15, -0.1) is 0 Å². The average molecular weight is 508 g/mol. The summed E-state index contributed by atoms with van der Waals surface area (Å²) >= 11 is 5.99. The number of nitrogens with one attached hydrogen (secondary N) is 1. The van der Waals surface area contributed by atoms with Gasteiger partial charge in [0.1, 0.15) is 5.82 Å². The Bertz CT molecular complexity index is 1290. The van der Waals surface area contributed by atoms with Gasteiger partial charge in [-0.25, -0.2) is 4.39 Å². The molecule has 2 heterocycles. The molecule has 0 saturated heterocycles. The van der Waals surface area contributed by atoms with Crippen molar-refractivity contribution in [1.82, 2.24) is 10.3 Å². The highest BCUT2D eigenvalue weighted by molar-refractivity contribution is 6.30. The number of halogens is 2. The van der Waals surface area contributed by atoms with Crippen molar-refractivity contribution in [3.05, 3.63) is 106 Å². The molecule has 2 aromatic carbocycles. The zero-order valence-corrected chi connectivity index (χ0v) is 20.5. The van der Waals surface area contributed by atoms with Crippen LogP contribution >= 0.6 is 11.6 Å². The zero-order valence-electron chi connectivity index (χ0n) is 19.8. The average Bonchev–Trinajstić information content (AvgIpc) is 3.38. The first-order valence-corrected chi connectivity index (χ1v) is 11.9. The fraction of sp³-hybridized carbons (Fsp3) is 0.250. The molecule has 0 aliphatic carbocycles. The van der Waals surface area contributed by atoms with E-state index in [0.717, 1.165) is 11.1 Å². The van der Waals surface area contributed by atoms with Gasteiger partial charge < -0.3 is 15.5 Å². The number of rotatable bonds is 9. The largest absolute Gasteiger partial charge is 0.396 e. The van der Waals surface area contributed by atoms with Crippen LogP contribution in [0.15, 0.2) is 77.9 Å². The lowest BCUT2D eigenvalue weighted by Crippen LogP contribution is -2.51. The van der Waals surface area contributed by atoms with E-state index >= 15 is 4.39 Å². The van der Waals surface area contributed by atoms with Gasteiger partial charge in [0.05, 0.1) is 31.0 Å². The Kier molecular flexibility index (Phi) is 7.94. The number of amides is 1. The number of nitrogens with zero attached hydrogens (tertiary/aromatic N) is 2. The van der Waals surface area contributed by atoms with Gasteiger partial charge in [-0.1, -0.05) is 42.8 Å². The minimum Gasteiger partial charge on any atom is -0.396 e. The molecule has 0 fully saturated rings. The Labute approximate surface area is 214 Å². The van der Waals surface area contributed by atoms with Gasteiger partial charge in [0, 0.05) is 40.4 Å². The van der Waals surface area contributed by atoms with Crippen molar-refractivity contribution >= 4 is 28.8 Å².